The summed E-state index contributed by atoms with van der Waals surface area (Å²) < 4.78 is 36.3. The SMILES string of the molecule is CCCCCCCOC(=O)CCCC(=O)OCc1cc(F)ccc1F. The highest BCUT2D eigenvalue weighted by Gasteiger charge is 2.10. The molecule has 0 heterocycles. The molecule has 1 aromatic carbocycles. The Bertz CT molecular complexity index is 546. The van der Waals surface area contributed by atoms with Crippen molar-refractivity contribution in [1.29, 1.82) is 0 Å². The number of carbonyl (C=O) groups excluding carboxylic acids is 2. The molecule has 0 unspecified atom stereocenters. The van der Waals surface area contributed by atoms with Gasteiger partial charge in [-0.1, -0.05) is 32.6 Å². The molecule has 6 heteroatoms. The maximum Gasteiger partial charge on any atom is 0.306 e. The van der Waals surface area contributed by atoms with Crippen molar-refractivity contribution in [2.45, 2.75) is 64.9 Å². The molecule has 140 valence electrons. The maximum absolute atomic E-state index is 13.4. The second-order valence-corrected chi connectivity index (χ2v) is 5.88. The number of unbranched alkanes of at least 4 members (excludes halogenated alkanes) is 4. The molecule has 0 fully saturated rings. The van der Waals surface area contributed by atoms with Gasteiger partial charge in [0.1, 0.15) is 18.2 Å². The van der Waals surface area contributed by atoms with E-state index >= 15 is 0 Å². The van der Waals surface area contributed by atoms with Crippen molar-refractivity contribution in [1.82, 2.24) is 0 Å². The summed E-state index contributed by atoms with van der Waals surface area (Å²) in [6.45, 7) is 2.22. The number of hydrogen-bond donors (Lipinski definition) is 0. The van der Waals surface area contributed by atoms with E-state index in [0.717, 1.165) is 37.5 Å². The molecule has 0 saturated heterocycles. The monoisotopic (exact) mass is 356 g/mol. The fourth-order valence-electron chi connectivity index (χ4n) is 2.23. The van der Waals surface area contributed by atoms with Crippen LogP contribution in [-0.2, 0) is 25.7 Å². The van der Waals surface area contributed by atoms with Gasteiger partial charge in [-0.3, -0.25) is 9.59 Å². The zero-order valence-corrected chi connectivity index (χ0v) is 14.7. The molecule has 0 bridgehead atoms. The van der Waals surface area contributed by atoms with Gasteiger partial charge in [0.15, 0.2) is 0 Å². The molecule has 0 aliphatic heterocycles. The highest BCUT2D eigenvalue weighted by molar-refractivity contribution is 5.72. The van der Waals surface area contributed by atoms with Crippen LogP contribution in [0.3, 0.4) is 0 Å². The molecule has 0 spiro atoms. The van der Waals surface area contributed by atoms with E-state index in [9.17, 15) is 18.4 Å². The smallest absolute Gasteiger partial charge is 0.306 e. The fraction of sp³-hybridized carbons (Fsp3) is 0.579. The third kappa shape index (κ3) is 9.79. The lowest BCUT2D eigenvalue weighted by Crippen LogP contribution is -2.09. The number of ether oxygens (including phenoxy) is 2. The van der Waals surface area contributed by atoms with Crippen molar-refractivity contribution < 1.29 is 27.8 Å². The van der Waals surface area contributed by atoms with E-state index in [1.807, 2.05) is 0 Å². The van der Waals surface area contributed by atoms with Crippen LogP contribution in [0.4, 0.5) is 8.78 Å². The van der Waals surface area contributed by atoms with Crippen LogP contribution in [0, 0.1) is 11.6 Å². The van der Waals surface area contributed by atoms with E-state index in [1.54, 1.807) is 0 Å². The average Bonchev–Trinajstić information content (AvgIpc) is 2.58. The maximum atomic E-state index is 13.4. The van der Waals surface area contributed by atoms with Crippen LogP contribution in [0.25, 0.3) is 0 Å². The van der Waals surface area contributed by atoms with E-state index in [4.69, 9.17) is 9.47 Å². The van der Waals surface area contributed by atoms with Crippen LogP contribution in [0.2, 0.25) is 0 Å². The Labute approximate surface area is 147 Å². The van der Waals surface area contributed by atoms with E-state index in [0.29, 0.717) is 13.0 Å². The molecule has 0 radical (unpaired) electrons. The molecule has 0 aliphatic rings. The first-order chi connectivity index (χ1) is 12.0. The largest absolute Gasteiger partial charge is 0.466 e. The Kier molecular flexibility index (Phi) is 10.4. The van der Waals surface area contributed by atoms with Gasteiger partial charge in [-0.25, -0.2) is 8.78 Å². The predicted octanol–water partition coefficient (Wildman–Crippen LogP) is 4.69. The summed E-state index contributed by atoms with van der Waals surface area (Å²) in [5.74, 6) is -2.11. The normalized spacial score (nSPS) is 10.5. The Morgan fingerprint density at radius 3 is 2.32 bits per heavy atom. The van der Waals surface area contributed by atoms with Gasteiger partial charge >= 0.3 is 11.9 Å². The fourth-order valence-corrected chi connectivity index (χ4v) is 2.23. The molecule has 0 aliphatic carbocycles. The highest BCUT2D eigenvalue weighted by atomic mass is 19.1. The molecule has 1 aromatic rings. The van der Waals surface area contributed by atoms with Crippen molar-refractivity contribution in [3.05, 3.63) is 35.4 Å². The summed E-state index contributed by atoms with van der Waals surface area (Å²) in [5.41, 5.74) is -0.0177. The topological polar surface area (TPSA) is 52.6 Å². The van der Waals surface area contributed by atoms with Crippen LogP contribution in [0.1, 0.15) is 63.9 Å². The minimum atomic E-state index is -0.628. The van der Waals surface area contributed by atoms with Gasteiger partial charge in [-0.2, -0.15) is 0 Å². The number of benzene rings is 1. The first-order valence-electron chi connectivity index (χ1n) is 8.78. The molecule has 0 N–H and O–H groups in total. The standard InChI is InChI=1S/C19H26F2O4/c1-2-3-4-5-6-12-24-18(22)8-7-9-19(23)25-14-15-13-16(20)10-11-17(15)21/h10-11,13H,2-9,12,14H2,1H3. The van der Waals surface area contributed by atoms with E-state index in [-0.39, 0.29) is 31.0 Å². The lowest BCUT2D eigenvalue weighted by Gasteiger charge is -2.07. The highest BCUT2D eigenvalue weighted by Crippen LogP contribution is 2.12. The predicted molar refractivity (Wildman–Crippen MR) is 89.7 cm³/mol. The first-order valence-corrected chi connectivity index (χ1v) is 8.78. The summed E-state index contributed by atoms with van der Waals surface area (Å²) in [4.78, 5) is 23.1. The van der Waals surface area contributed by atoms with Crippen LogP contribution in [-0.4, -0.2) is 18.5 Å². The van der Waals surface area contributed by atoms with Crippen LogP contribution in [0.15, 0.2) is 18.2 Å². The Morgan fingerprint density at radius 1 is 0.920 bits per heavy atom. The molecule has 25 heavy (non-hydrogen) atoms. The molecule has 0 amide bonds. The quantitative estimate of drug-likeness (QED) is 0.403. The van der Waals surface area contributed by atoms with E-state index in [2.05, 4.69) is 6.92 Å². The van der Waals surface area contributed by atoms with Gasteiger partial charge in [0.05, 0.1) is 6.61 Å². The summed E-state index contributed by atoms with van der Waals surface area (Å²) in [7, 11) is 0. The lowest BCUT2D eigenvalue weighted by molar-refractivity contribution is -0.146. The Hall–Kier alpha value is -1.98. The van der Waals surface area contributed by atoms with Crippen LogP contribution < -0.4 is 0 Å². The summed E-state index contributed by atoms with van der Waals surface area (Å²) in [5, 5.41) is 0. The van der Waals surface area contributed by atoms with Crippen molar-refractivity contribution in [3.63, 3.8) is 0 Å². The summed E-state index contributed by atoms with van der Waals surface area (Å²) >= 11 is 0. The third-order valence-electron chi connectivity index (χ3n) is 3.67. The molecular formula is C19H26F2O4. The molecule has 4 nitrogen and oxygen atoms in total. The van der Waals surface area contributed by atoms with Gasteiger partial charge < -0.3 is 9.47 Å². The van der Waals surface area contributed by atoms with Crippen LogP contribution in [0.5, 0.6) is 0 Å². The third-order valence-corrected chi connectivity index (χ3v) is 3.67. The van der Waals surface area contributed by atoms with Gasteiger partial charge in [0.2, 0.25) is 0 Å². The molecular weight excluding hydrogens is 330 g/mol. The van der Waals surface area contributed by atoms with Crippen molar-refractivity contribution >= 4 is 11.9 Å². The molecule has 0 atom stereocenters. The van der Waals surface area contributed by atoms with Gasteiger partial charge in [-0.15, -0.1) is 0 Å². The van der Waals surface area contributed by atoms with Crippen molar-refractivity contribution in [2.24, 2.45) is 0 Å². The zero-order chi connectivity index (χ0) is 18.5. The number of hydrogen-bond acceptors (Lipinski definition) is 4. The number of carbonyl (C=O) groups is 2. The average molecular weight is 356 g/mol. The lowest BCUT2D eigenvalue weighted by atomic mass is 10.2. The van der Waals surface area contributed by atoms with Crippen LogP contribution >= 0.6 is 0 Å². The minimum absolute atomic E-state index is 0.0177. The van der Waals surface area contributed by atoms with Gasteiger partial charge in [-0.05, 0) is 31.0 Å². The number of halogens is 2. The van der Waals surface area contributed by atoms with E-state index < -0.39 is 17.6 Å². The van der Waals surface area contributed by atoms with Gasteiger partial charge in [0.25, 0.3) is 0 Å². The minimum Gasteiger partial charge on any atom is -0.466 e. The summed E-state index contributed by atoms with van der Waals surface area (Å²) in [6.07, 6.45) is 5.88. The number of esters is 2. The molecule has 0 saturated carbocycles. The zero-order valence-electron chi connectivity index (χ0n) is 14.7. The van der Waals surface area contributed by atoms with Crippen molar-refractivity contribution in [3.8, 4) is 0 Å². The Morgan fingerprint density at radius 2 is 1.60 bits per heavy atom. The van der Waals surface area contributed by atoms with Gasteiger partial charge in [0, 0.05) is 18.4 Å². The molecule has 1 rings (SSSR count). The second kappa shape index (κ2) is 12.4. The van der Waals surface area contributed by atoms with E-state index in [1.165, 1.54) is 12.8 Å². The Balaban J connectivity index is 2.09. The summed E-state index contributed by atoms with van der Waals surface area (Å²) in [6, 6.07) is 2.97. The number of rotatable bonds is 12. The van der Waals surface area contributed by atoms with Crippen molar-refractivity contribution in [2.75, 3.05) is 6.61 Å². The first kappa shape index (κ1) is 21.1. The molecule has 0 aromatic heterocycles. The second-order valence-electron chi connectivity index (χ2n) is 5.88.